The molecule has 8 heteroatoms. The second-order valence-corrected chi connectivity index (χ2v) is 5.83. The molecule has 0 bridgehead atoms. The molecule has 0 saturated heterocycles. The summed E-state index contributed by atoms with van der Waals surface area (Å²) in [6, 6.07) is 8.19. The number of carbonyl (C=O) groups is 2. The number of nitrogens with zero attached hydrogens (tertiary/aromatic N) is 2. The van der Waals surface area contributed by atoms with Crippen molar-refractivity contribution >= 4 is 23.3 Å². The van der Waals surface area contributed by atoms with Gasteiger partial charge in [0.15, 0.2) is 5.82 Å². The lowest BCUT2D eigenvalue weighted by Crippen LogP contribution is -2.45. The number of nitrogens with one attached hydrogen (secondary N) is 2. The Morgan fingerprint density at radius 3 is 2.50 bits per heavy atom. The molecular weight excluding hydrogens is 336 g/mol. The van der Waals surface area contributed by atoms with Gasteiger partial charge in [0.1, 0.15) is 11.5 Å². The van der Waals surface area contributed by atoms with Crippen LogP contribution in [0.2, 0.25) is 0 Å². The Morgan fingerprint density at radius 2 is 1.96 bits per heavy atom. The van der Waals surface area contributed by atoms with E-state index in [-0.39, 0.29) is 18.4 Å². The highest BCUT2D eigenvalue weighted by molar-refractivity contribution is 5.95. The molecule has 0 fully saturated rings. The van der Waals surface area contributed by atoms with Crippen molar-refractivity contribution in [3.05, 3.63) is 36.1 Å². The number of rotatable bonds is 8. The fraction of sp³-hybridized carbons (Fsp3) is 0.389. The molecule has 1 heterocycles. The lowest BCUT2D eigenvalue weighted by molar-refractivity contribution is -0.123. The topological polar surface area (TPSA) is 96.7 Å². The highest BCUT2D eigenvalue weighted by atomic mass is 16.5. The number of aromatic nitrogens is 1. The molecule has 26 heavy (non-hydrogen) atoms. The van der Waals surface area contributed by atoms with Gasteiger partial charge in [-0.2, -0.15) is 0 Å². The van der Waals surface area contributed by atoms with Gasteiger partial charge in [-0.05, 0) is 44.7 Å². The van der Waals surface area contributed by atoms with E-state index in [4.69, 9.17) is 9.26 Å². The minimum atomic E-state index is -0.501. The maximum atomic E-state index is 12.4. The van der Waals surface area contributed by atoms with Crippen molar-refractivity contribution in [2.75, 3.05) is 30.8 Å². The Balaban J connectivity index is 1.91. The number of ether oxygens (including phenoxy) is 1. The van der Waals surface area contributed by atoms with Crippen molar-refractivity contribution in [3.63, 3.8) is 0 Å². The summed E-state index contributed by atoms with van der Waals surface area (Å²) >= 11 is 0. The van der Waals surface area contributed by atoms with E-state index >= 15 is 0 Å². The monoisotopic (exact) mass is 360 g/mol. The van der Waals surface area contributed by atoms with Crippen molar-refractivity contribution < 1.29 is 18.8 Å². The zero-order valence-corrected chi connectivity index (χ0v) is 15.4. The fourth-order valence-corrected chi connectivity index (χ4v) is 2.40. The molecular formula is C18H24N4O4. The number of amides is 2. The number of methoxy groups -OCH3 is 1. The summed E-state index contributed by atoms with van der Waals surface area (Å²) in [7, 11) is 1.58. The van der Waals surface area contributed by atoms with Crippen LogP contribution >= 0.6 is 0 Å². The predicted octanol–water partition coefficient (Wildman–Crippen LogP) is 2.28. The Labute approximate surface area is 152 Å². The average Bonchev–Trinajstić information content (AvgIpc) is 3.04. The first-order chi connectivity index (χ1) is 12.4. The standard InChI is InChI=1S/C18H24N4O4/c1-5-22(13(3)18(24)20-16-10-12(2)26-21-16)11-17(23)19-14-6-8-15(25-4)9-7-14/h6-10,13H,5,11H2,1-4H3,(H,19,23)(H,20,21,24)/t13-/m1/s1. The van der Waals surface area contributed by atoms with Crippen molar-refractivity contribution in [1.29, 1.82) is 0 Å². The van der Waals surface area contributed by atoms with Gasteiger partial charge >= 0.3 is 0 Å². The smallest absolute Gasteiger partial charge is 0.242 e. The third-order valence-electron chi connectivity index (χ3n) is 3.93. The molecule has 1 aromatic heterocycles. The van der Waals surface area contributed by atoms with Gasteiger partial charge in [-0.1, -0.05) is 12.1 Å². The molecule has 140 valence electrons. The Morgan fingerprint density at radius 1 is 1.27 bits per heavy atom. The summed E-state index contributed by atoms with van der Waals surface area (Å²) in [6.45, 7) is 6.02. The molecule has 2 amide bonds. The van der Waals surface area contributed by atoms with Crippen LogP contribution in [0, 0.1) is 6.92 Å². The van der Waals surface area contributed by atoms with Gasteiger partial charge < -0.3 is 19.9 Å². The number of anilines is 2. The van der Waals surface area contributed by atoms with Crippen molar-refractivity contribution in [1.82, 2.24) is 10.1 Å². The van der Waals surface area contributed by atoms with Crippen molar-refractivity contribution in [2.45, 2.75) is 26.8 Å². The molecule has 0 aliphatic heterocycles. The first kappa shape index (κ1) is 19.5. The maximum Gasteiger partial charge on any atom is 0.242 e. The molecule has 0 saturated carbocycles. The van der Waals surface area contributed by atoms with Crippen LogP contribution < -0.4 is 15.4 Å². The molecule has 0 aliphatic rings. The van der Waals surface area contributed by atoms with Gasteiger partial charge in [0.05, 0.1) is 19.7 Å². The number of hydrogen-bond acceptors (Lipinski definition) is 6. The molecule has 0 radical (unpaired) electrons. The van der Waals surface area contributed by atoms with E-state index in [0.29, 0.717) is 29.6 Å². The first-order valence-electron chi connectivity index (χ1n) is 8.35. The molecule has 1 atom stereocenters. The van der Waals surface area contributed by atoms with Crippen LogP contribution in [0.15, 0.2) is 34.9 Å². The van der Waals surface area contributed by atoms with Gasteiger partial charge in [0.2, 0.25) is 11.8 Å². The Bertz CT molecular complexity index is 742. The van der Waals surface area contributed by atoms with E-state index in [1.54, 1.807) is 56.2 Å². The van der Waals surface area contributed by atoms with Gasteiger partial charge in [-0.25, -0.2) is 0 Å². The summed E-state index contributed by atoms with van der Waals surface area (Å²) in [5.74, 6) is 1.23. The summed E-state index contributed by atoms with van der Waals surface area (Å²) in [5.41, 5.74) is 0.669. The van der Waals surface area contributed by atoms with Crippen LogP contribution in [0.1, 0.15) is 19.6 Å². The minimum absolute atomic E-state index is 0.0922. The number of likely N-dealkylation sites (N-methyl/N-ethyl adjacent to an activating group) is 1. The minimum Gasteiger partial charge on any atom is -0.497 e. The third kappa shape index (κ3) is 5.32. The van der Waals surface area contributed by atoms with E-state index in [0.717, 1.165) is 0 Å². The lowest BCUT2D eigenvalue weighted by Gasteiger charge is -2.25. The second-order valence-electron chi connectivity index (χ2n) is 5.83. The summed E-state index contributed by atoms with van der Waals surface area (Å²) in [4.78, 5) is 26.4. The predicted molar refractivity (Wildman–Crippen MR) is 98.2 cm³/mol. The average molecular weight is 360 g/mol. The first-order valence-corrected chi connectivity index (χ1v) is 8.35. The summed E-state index contributed by atoms with van der Waals surface area (Å²) in [5, 5.41) is 9.23. The third-order valence-corrected chi connectivity index (χ3v) is 3.93. The van der Waals surface area contributed by atoms with Crippen LogP contribution in [-0.4, -0.2) is 48.1 Å². The number of carbonyl (C=O) groups excluding carboxylic acids is 2. The molecule has 0 spiro atoms. The quantitative estimate of drug-likeness (QED) is 0.750. The largest absolute Gasteiger partial charge is 0.497 e. The van der Waals surface area contributed by atoms with E-state index in [1.807, 2.05) is 6.92 Å². The molecule has 2 N–H and O–H groups in total. The van der Waals surface area contributed by atoms with Gasteiger partial charge in [0, 0.05) is 11.8 Å². The van der Waals surface area contributed by atoms with E-state index < -0.39 is 6.04 Å². The van der Waals surface area contributed by atoms with Gasteiger partial charge in [0.25, 0.3) is 0 Å². The number of aryl methyl sites for hydroxylation is 1. The zero-order chi connectivity index (χ0) is 19.1. The van der Waals surface area contributed by atoms with Gasteiger partial charge in [-0.15, -0.1) is 0 Å². The van der Waals surface area contributed by atoms with E-state index in [2.05, 4.69) is 15.8 Å². The Kier molecular flexibility index (Phi) is 6.74. The van der Waals surface area contributed by atoms with E-state index in [1.165, 1.54) is 0 Å². The van der Waals surface area contributed by atoms with E-state index in [9.17, 15) is 9.59 Å². The molecule has 2 rings (SSSR count). The van der Waals surface area contributed by atoms with Crippen molar-refractivity contribution in [3.8, 4) is 5.75 Å². The molecule has 8 nitrogen and oxygen atoms in total. The highest BCUT2D eigenvalue weighted by Crippen LogP contribution is 2.15. The summed E-state index contributed by atoms with van der Waals surface area (Å²) in [6.07, 6.45) is 0. The van der Waals surface area contributed by atoms with Gasteiger partial charge in [-0.3, -0.25) is 14.5 Å². The molecule has 0 aliphatic carbocycles. The van der Waals surface area contributed by atoms with Crippen LogP contribution in [0.5, 0.6) is 5.75 Å². The second kappa shape index (κ2) is 9.00. The SMILES string of the molecule is CCN(CC(=O)Nc1ccc(OC)cc1)[C@H](C)C(=O)Nc1cc(C)on1. The van der Waals surface area contributed by atoms with Crippen LogP contribution in [0.25, 0.3) is 0 Å². The number of benzene rings is 1. The normalized spacial score (nSPS) is 11.9. The molecule has 0 unspecified atom stereocenters. The van der Waals surface area contributed by atoms with Crippen LogP contribution in [-0.2, 0) is 9.59 Å². The van der Waals surface area contributed by atoms with Crippen LogP contribution in [0.3, 0.4) is 0 Å². The molecule has 1 aromatic carbocycles. The Hall–Kier alpha value is -2.87. The lowest BCUT2D eigenvalue weighted by atomic mass is 10.2. The number of hydrogen-bond donors (Lipinski definition) is 2. The van der Waals surface area contributed by atoms with Crippen LogP contribution in [0.4, 0.5) is 11.5 Å². The molecule has 2 aromatic rings. The van der Waals surface area contributed by atoms with Crippen molar-refractivity contribution in [2.24, 2.45) is 0 Å². The fourth-order valence-electron chi connectivity index (χ4n) is 2.40. The zero-order valence-electron chi connectivity index (χ0n) is 15.4. The summed E-state index contributed by atoms with van der Waals surface area (Å²) < 4.78 is 10.0. The highest BCUT2D eigenvalue weighted by Gasteiger charge is 2.23. The maximum absolute atomic E-state index is 12.4.